The molecule has 4 amide bonds. The van der Waals surface area contributed by atoms with Crippen LogP contribution in [0, 0.1) is 11.8 Å². The lowest BCUT2D eigenvalue weighted by atomic mass is 10.0. The monoisotopic (exact) mass is 672 g/mol. The highest BCUT2D eigenvalue weighted by atomic mass is 79.9. The molecule has 2 aliphatic heterocycles. The molecule has 8 nitrogen and oxygen atoms in total. The van der Waals surface area contributed by atoms with E-state index >= 15 is 0 Å². The van der Waals surface area contributed by atoms with Crippen molar-refractivity contribution in [2.45, 2.75) is 77.3 Å². The lowest BCUT2D eigenvalue weighted by molar-refractivity contribution is -0.139. The summed E-state index contributed by atoms with van der Waals surface area (Å²) in [5.41, 5.74) is 10.7. The summed E-state index contributed by atoms with van der Waals surface area (Å²) in [5.74, 6) is -0.339. The molecule has 0 aliphatic carbocycles. The molecule has 2 rings (SSSR count). The molecule has 0 spiro atoms. The highest BCUT2D eigenvalue weighted by Crippen LogP contribution is 2.26. The van der Waals surface area contributed by atoms with E-state index in [2.05, 4.69) is 37.9 Å². The van der Waals surface area contributed by atoms with E-state index in [1.165, 1.54) is 0 Å². The van der Waals surface area contributed by atoms with Crippen LogP contribution in [0.5, 0.6) is 0 Å². The van der Waals surface area contributed by atoms with Gasteiger partial charge in [-0.15, -0.1) is 0 Å². The van der Waals surface area contributed by atoms with Crippen LogP contribution >= 0.6 is 55.1 Å². The van der Waals surface area contributed by atoms with E-state index in [9.17, 15) is 19.2 Å². The highest BCUT2D eigenvalue weighted by molar-refractivity contribution is 9.28. The van der Waals surface area contributed by atoms with Gasteiger partial charge in [0.15, 0.2) is 0 Å². The third-order valence-electron chi connectivity index (χ3n) is 6.49. The molecule has 0 saturated carbocycles. The number of likely N-dealkylation sites (tertiary alicyclic amines) is 2. The Morgan fingerprint density at radius 3 is 1.56 bits per heavy atom. The SMILES string of the molecule is CCC(C(N)=O)N1CCC(C=C(Br)Br)CCC1=O.CCC(C(N)=O)N1CCC(C=C(Cl)Cl)CCC1=O. The number of hydrogen-bond donors (Lipinski definition) is 2. The molecular formula is C24H36Br2Cl2N4O4. The quantitative estimate of drug-likeness (QED) is 0.387. The standard InChI is InChI=1S/C12H18Br2N2O2.C12H18Cl2N2O2/c2*1-2-9(12(15)18)16-6-5-8(7-10(13)14)3-4-11(16)17/h2*7-9H,2-6H2,1H3,(H2,15,18). The number of carbonyl (C=O) groups is 4. The fourth-order valence-electron chi connectivity index (χ4n) is 4.55. The van der Waals surface area contributed by atoms with E-state index < -0.39 is 23.9 Å². The van der Waals surface area contributed by atoms with Crippen LogP contribution in [0.1, 0.15) is 65.2 Å². The summed E-state index contributed by atoms with van der Waals surface area (Å²) in [5, 5.41) is 0. The van der Waals surface area contributed by atoms with E-state index in [0.717, 1.165) is 22.7 Å². The third-order valence-corrected chi connectivity index (χ3v) is 7.27. The molecule has 36 heavy (non-hydrogen) atoms. The molecular weight excluding hydrogens is 639 g/mol. The van der Waals surface area contributed by atoms with Gasteiger partial charge in [-0.2, -0.15) is 0 Å². The van der Waals surface area contributed by atoms with Crippen LogP contribution in [-0.4, -0.2) is 58.6 Å². The number of hydrogen-bond acceptors (Lipinski definition) is 4. The van der Waals surface area contributed by atoms with Crippen LogP contribution in [0.15, 0.2) is 20.0 Å². The van der Waals surface area contributed by atoms with Gasteiger partial charge in [0.05, 0.1) is 3.39 Å². The second-order valence-electron chi connectivity index (χ2n) is 8.91. The van der Waals surface area contributed by atoms with E-state index in [1.807, 2.05) is 13.8 Å². The van der Waals surface area contributed by atoms with Gasteiger partial charge >= 0.3 is 0 Å². The second kappa shape index (κ2) is 16.7. The third kappa shape index (κ3) is 11.1. The fourth-order valence-corrected chi connectivity index (χ4v) is 5.66. The van der Waals surface area contributed by atoms with Crippen molar-refractivity contribution in [2.75, 3.05) is 13.1 Å². The van der Waals surface area contributed by atoms with Gasteiger partial charge in [-0.05, 0) is 82.2 Å². The Balaban J connectivity index is 0.000000360. The molecule has 0 aromatic heterocycles. The van der Waals surface area contributed by atoms with Crippen molar-refractivity contribution in [3.8, 4) is 0 Å². The predicted octanol–water partition coefficient (Wildman–Crippen LogP) is 4.71. The molecule has 4 unspecified atom stereocenters. The van der Waals surface area contributed by atoms with Gasteiger partial charge in [0.25, 0.3) is 0 Å². The van der Waals surface area contributed by atoms with Gasteiger partial charge in [0, 0.05) is 25.9 Å². The first-order chi connectivity index (χ1) is 16.9. The van der Waals surface area contributed by atoms with Gasteiger partial charge in [0.2, 0.25) is 23.6 Å². The predicted molar refractivity (Wildman–Crippen MR) is 150 cm³/mol. The number of primary amides is 2. The summed E-state index contributed by atoms with van der Waals surface area (Å²) in [6.45, 7) is 4.83. The second-order valence-corrected chi connectivity index (χ2v) is 12.7. The van der Waals surface area contributed by atoms with Gasteiger partial charge < -0.3 is 21.3 Å². The zero-order valence-corrected chi connectivity index (χ0v) is 25.4. The first-order valence-corrected chi connectivity index (χ1v) is 14.5. The molecule has 0 aromatic carbocycles. The zero-order chi connectivity index (χ0) is 27.4. The number of allylic oxidation sites excluding steroid dienone is 2. The van der Waals surface area contributed by atoms with Crippen molar-refractivity contribution in [3.63, 3.8) is 0 Å². The van der Waals surface area contributed by atoms with Crippen molar-refractivity contribution in [1.29, 1.82) is 0 Å². The minimum Gasteiger partial charge on any atom is -0.368 e. The van der Waals surface area contributed by atoms with Gasteiger partial charge in [0.1, 0.15) is 16.6 Å². The topological polar surface area (TPSA) is 127 Å². The lowest BCUT2D eigenvalue weighted by Gasteiger charge is -2.27. The first kappa shape index (κ1) is 32.9. The molecule has 12 heteroatoms. The van der Waals surface area contributed by atoms with Crippen molar-refractivity contribution in [2.24, 2.45) is 23.3 Å². The van der Waals surface area contributed by atoms with Gasteiger partial charge in [-0.25, -0.2) is 0 Å². The average Bonchev–Trinajstić information content (AvgIpc) is 3.06. The largest absolute Gasteiger partial charge is 0.368 e. The Morgan fingerprint density at radius 2 is 1.25 bits per heavy atom. The number of nitrogens with two attached hydrogens (primary N) is 2. The Kier molecular flexibility index (Phi) is 15.3. The van der Waals surface area contributed by atoms with Crippen LogP contribution in [0.25, 0.3) is 0 Å². The Labute approximate surface area is 240 Å². The Bertz CT molecular complexity index is 780. The molecule has 0 bridgehead atoms. The van der Waals surface area contributed by atoms with E-state index in [4.69, 9.17) is 34.7 Å². The van der Waals surface area contributed by atoms with Crippen molar-refractivity contribution >= 4 is 78.7 Å². The molecule has 204 valence electrons. The minimum absolute atomic E-state index is 0.0257. The maximum absolute atomic E-state index is 12.0. The van der Waals surface area contributed by atoms with E-state index in [0.29, 0.717) is 51.1 Å². The average molecular weight is 675 g/mol. The summed E-state index contributed by atoms with van der Waals surface area (Å²) in [7, 11) is 0. The zero-order valence-electron chi connectivity index (χ0n) is 20.7. The molecule has 2 aliphatic rings. The smallest absolute Gasteiger partial charge is 0.240 e. The molecule has 0 radical (unpaired) electrons. The number of nitrogens with zero attached hydrogens (tertiary/aromatic N) is 2. The molecule has 4 N–H and O–H groups in total. The van der Waals surface area contributed by atoms with Crippen LogP contribution in [0.3, 0.4) is 0 Å². The molecule has 2 fully saturated rings. The molecule has 0 aromatic rings. The van der Waals surface area contributed by atoms with Crippen molar-refractivity contribution in [3.05, 3.63) is 20.0 Å². The molecule has 2 heterocycles. The number of carbonyl (C=O) groups excluding carboxylic acids is 4. The normalized spacial score (nSPS) is 22.3. The summed E-state index contributed by atoms with van der Waals surface area (Å²) < 4.78 is 1.13. The van der Waals surface area contributed by atoms with Gasteiger partial charge in [-0.3, -0.25) is 19.2 Å². The van der Waals surface area contributed by atoms with Crippen LogP contribution < -0.4 is 11.5 Å². The van der Waals surface area contributed by atoms with Crippen LogP contribution in [0.4, 0.5) is 0 Å². The summed E-state index contributed by atoms with van der Waals surface area (Å²) in [6, 6.07) is -0.973. The van der Waals surface area contributed by atoms with Crippen molar-refractivity contribution < 1.29 is 19.2 Å². The lowest BCUT2D eigenvalue weighted by Crippen LogP contribution is -2.47. The molecule has 4 atom stereocenters. The summed E-state index contributed by atoms with van der Waals surface area (Å²) in [4.78, 5) is 49.9. The van der Waals surface area contributed by atoms with Crippen molar-refractivity contribution in [1.82, 2.24) is 9.80 Å². The maximum Gasteiger partial charge on any atom is 0.240 e. The maximum atomic E-state index is 12.0. The first-order valence-electron chi connectivity index (χ1n) is 12.1. The number of amides is 4. The van der Waals surface area contributed by atoms with Crippen LogP contribution in [0.2, 0.25) is 0 Å². The Hall–Kier alpha value is -1.10. The number of rotatable bonds is 8. The minimum atomic E-state index is -0.508. The van der Waals surface area contributed by atoms with Gasteiger partial charge in [-0.1, -0.05) is 49.2 Å². The van der Waals surface area contributed by atoms with Crippen LogP contribution in [-0.2, 0) is 19.2 Å². The highest BCUT2D eigenvalue weighted by Gasteiger charge is 2.30. The summed E-state index contributed by atoms with van der Waals surface area (Å²) >= 11 is 17.9. The Morgan fingerprint density at radius 1 is 0.861 bits per heavy atom. The fraction of sp³-hybridized carbons (Fsp3) is 0.667. The number of halogens is 4. The van der Waals surface area contributed by atoms with E-state index in [1.54, 1.807) is 15.9 Å². The van der Waals surface area contributed by atoms with E-state index in [-0.39, 0.29) is 22.2 Å². The summed E-state index contributed by atoms with van der Waals surface area (Å²) in [6.07, 6.45) is 8.91. The molecule has 2 saturated heterocycles.